The summed E-state index contributed by atoms with van der Waals surface area (Å²) in [5, 5.41) is 6.29. The van der Waals surface area contributed by atoms with Crippen molar-refractivity contribution in [1.29, 1.82) is 0 Å². The number of nitrogens with zero attached hydrogens (tertiary/aromatic N) is 2. The first-order valence-corrected chi connectivity index (χ1v) is 13.6. The van der Waals surface area contributed by atoms with Crippen LogP contribution in [0.15, 0.2) is 0 Å². The van der Waals surface area contributed by atoms with Gasteiger partial charge in [0.15, 0.2) is 0 Å². The van der Waals surface area contributed by atoms with Crippen molar-refractivity contribution in [2.45, 2.75) is 91.9 Å². The summed E-state index contributed by atoms with van der Waals surface area (Å²) in [6.45, 7) is 16.7. The maximum atomic E-state index is 12.3. The number of piperazine rings is 1. The number of hydrogen-bond acceptors (Lipinski definition) is 4. The summed E-state index contributed by atoms with van der Waals surface area (Å²) in [4.78, 5) is 29.6. The molecule has 6 nitrogen and oxygen atoms in total. The second-order valence-corrected chi connectivity index (χ2v) is 9.47. The molecule has 1 rings (SSSR count). The van der Waals surface area contributed by atoms with E-state index < -0.39 is 0 Å². The van der Waals surface area contributed by atoms with Crippen molar-refractivity contribution in [3.8, 4) is 0 Å². The lowest BCUT2D eigenvalue weighted by atomic mass is 9.98. The highest BCUT2D eigenvalue weighted by Gasteiger charge is 2.18. The number of unbranched alkanes of at least 4 members (excludes halogenated alkanes) is 2. The molecule has 0 aromatic heterocycles. The number of carbonyl (C=O) groups excluding carboxylic acids is 2. The smallest absolute Gasteiger partial charge is 0.223 e. The van der Waals surface area contributed by atoms with Gasteiger partial charge in [-0.15, -0.1) is 0 Å². The van der Waals surface area contributed by atoms with Crippen LogP contribution in [0.25, 0.3) is 0 Å². The van der Waals surface area contributed by atoms with Crippen LogP contribution >= 0.6 is 0 Å². The van der Waals surface area contributed by atoms with E-state index in [0.717, 1.165) is 117 Å². The first-order chi connectivity index (χ1) is 15.5. The van der Waals surface area contributed by atoms with E-state index in [2.05, 4.69) is 48.1 Å². The van der Waals surface area contributed by atoms with E-state index in [0.29, 0.717) is 0 Å². The summed E-state index contributed by atoms with van der Waals surface area (Å²) in [6, 6.07) is 0. The quantitative estimate of drug-likeness (QED) is 0.308. The summed E-state index contributed by atoms with van der Waals surface area (Å²) >= 11 is 0. The molecule has 1 heterocycles. The maximum Gasteiger partial charge on any atom is 0.223 e. The van der Waals surface area contributed by atoms with Gasteiger partial charge in [0.1, 0.15) is 0 Å². The minimum absolute atomic E-state index is 0.187. The Morgan fingerprint density at radius 1 is 0.656 bits per heavy atom. The second-order valence-electron chi connectivity index (χ2n) is 9.47. The second kappa shape index (κ2) is 18.3. The van der Waals surface area contributed by atoms with Gasteiger partial charge in [0.25, 0.3) is 0 Å². The lowest BCUT2D eigenvalue weighted by Crippen LogP contribution is -2.47. The fourth-order valence-corrected chi connectivity index (χ4v) is 4.50. The van der Waals surface area contributed by atoms with Gasteiger partial charge in [0.05, 0.1) is 0 Å². The van der Waals surface area contributed by atoms with Crippen LogP contribution in [-0.4, -0.2) is 74.0 Å². The molecule has 0 unspecified atom stereocenters. The van der Waals surface area contributed by atoms with Crippen LogP contribution in [0.5, 0.6) is 0 Å². The molecule has 1 fully saturated rings. The van der Waals surface area contributed by atoms with Crippen LogP contribution in [-0.2, 0) is 9.59 Å². The number of amides is 2. The zero-order chi connectivity index (χ0) is 23.6. The van der Waals surface area contributed by atoms with Crippen LogP contribution in [0, 0.1) is 11.8 Å². The molecule has 0 aromatic carbocycles. The SMILES string of the molecule is CCCC[C@@H](CC)C(=O)NCCCN1CCN(CCCNC(=O)[C@@H](CC)CCCC)CC1. The lowest BCUT2D eigenvalue weighted by Gasteiger charge is -2.34. The molecule has 188 valence electrons. The van der Waals surface area contributed by atoms with Gasteiger partial charge in [-0.1, -0.05) is 53.4 Å². The fourth-order valence-electron chi connectivity index (χ4n) is 4.50. The van der Waals surface area contributed by atoms with Crippen LogP contribution < -0.4 is 10.6 Å². The highest BCUT2D eigenvalue weighted by molar-refractivity contribution is 5.78. The molecule has 0 spiro atoms. The Hall–Kier alpha value is -1.14. The van der Waals surface area contributed by atoms with Crippen molar-refractivity contribution in [3.63, 3.8) is 0 Å². The molecule has 1 aliphatic rings. The summed E-state index contributed by atoms with van der Waals surface area (Å²) < 4.78 is 0. The highest BCUT2D eigenvalue weighted by Crippen LogP contribution is 2.13. The number of hydrogen-bond donors (Lipinski definition) is 2. The van der Waals surface area contributed by atoms with Crippen molar-refractivity contribution in [2.75, 3.05) is 52.4 Å². The van der Waals surface area contributed by atoms with Gasteiger partial charge in [-0.2, -0.15) is 0 Å². The van der Waals surface area contributed by atoms with Gasteiger partial charge in [-0.25, -0.2) is 0 Å². The summed E-state index contributed by atoms with van der Waals surface area (Å²) in [7, 11) is 0. The Labute approximate surface area is 198 Å². The van der Waals surface area contributed by atoms with Gasteiger partial charge < -0.3 is 20.4 Å². The van der Waals surface area contributed by atoms with E-state index >= 15 is 0 Å². The predicted octanol–water partition coefficient (Wildman–Crippen LogP) is 4.05. The Kier molecular flexibility index (Phi) is 16.5. The van der Waals surface area contributed by atoms with Crippen LogP contribution in [0.4, 0.5) is 0 Å². The highest BCUT2D eigenvalue weighted by atomic mass is 16.2. The number of nitrogens with one attached hydrogen (secondary N) is 2. The van der Waals surface area contributed by atoms with E-state index in [1.165, 1.54) is 0 Å². The van der Waals surface area contributed by atoms with E-state index in [-0.39, 0.29) is 23.7 Å². The molecule has 2 N–H and O–H groups in total. The third kappa shape index (κ3) is 12.2. The first-order valence-electron chi connectivity index (χ1n) is 13.6. The van der Waals surface area contributed by atoms with Gasteiger partial charge in [0.2, 0.25) is 11.8 Å². The van der Waals surface area contributed by atoms with Crippen molar-refractivity contribution >= 4 is 11.8 Å². The zero-order valence-electron chi connectivity index (χ0n) is 21.6. The van der Waals surface area contributed by atoms with E-state index in [1.54, 1.807) is 0 Å². The molecular formula is C26H52N4O2. The third-order valence-corrected chi connectivity index (χ3v) is 6.91. The molecule has 0 saturated carbocycles. The molecule has 0 radical (unpaired) electrons. The normalized spacial score (nSPS) is 17.1. The summed E-state index contributed by atoms with van der Waals surface area (Å²) in [6.07, 6.45) is 10.6. The average molecular weight is 453 g/mol. The predicted molar refractivity (Wildman–Crippen MR) is 135 cm³/mol. The fraction of sp³-hybridized carbons (Fsp3) is 0.923. The molecule has 2 amide bonds. The number of rotatable bonds is 18. The molecule has 2 atom stereocenters. The largest absolute Gasteiger partial charge is 0.356 e. The van der Waals surface area contributed by atoms with E-state index in [9.17, 15) is 9.59 Å². The molecule has 0 bridgehead atoms. The van der Waals surface area contributed by atoms with Crippen LogP contribution in [0.3, 0.4) is 0 Å². The van der Waals surface area contributed by atoms with Crippen LogP contribution in [0.2, 0.25) is 0 Å². The maximum absolute atomic E-state index is 12.3. The van der Waals surface area contributed by atoms with Crippen molar-refractivity contribution < 1.29 is 9.59 Å². The molecular weight excluding hydrogens is 400 g/mol. The molecule has 1 aliphatic heterocycles. The molecule has 0 aliphatic carbocycles. The Balaban J connectivity index is 2.09. The molecule has 32 heavy (non-hydrogen) atoms. The molecule has 1 saturated heterocycles. The number of carbonyl (C=O) groups is 2. The van der Waals surface area contributed by atoms with Crippen molar-refractivity contribution in [3.05, 3.63) is 0 Å². The Bertz CT molecular complexity index is 448. The lowest BCUT2D eigenvalue weighted by molar-refractivity contribution is -0.126. The van der Waals surface area contributed by atoms with Crippen LogP contribution in [0.1, 0.15) is 91.9 Å². The molecule has 6 heteroatoms. The van der Waals surface area contributed by atoms with Gasteiger partial charge in [-0.3, -0.25) is 9.59 Å². The van der Waals surface area contributed by atoms with Gasteiger partial charge in [-0.05, 0) is 51.6 Å². The van der Waals surface area contributed by atoms with Gasteiger partial charge >= 0.3 is 0 Å². The third-order valence-electron chi connectivity index (χ3n) is 6.91. The van der Waals surface area contributed by atoms with Crippen molar-refractivity contribution in [1.82, 2.24) is 20.4 Å². The summed E-state index contributed by atoms with van der Waals surface area (Å²) in [5.41, 5.74) is 0. The topological polar surface area (TPSA) is 64.7 Å². The van der Waals surface area contributed by atoms with E-state index in [1.807, 2.05) is 0 Å². The standard InChI is InChI=1S/C26H52N4O2/c1-5-9-13-23(7-3)25(31)27-15-11-17-29-19-21-30(22-20-29)18-12-16-28-26(32)24(8-4)14-10-6-2/h23-24H,5-22H2,1-4H3,(H,27,31)(H,28,32)/t23-,24+. The average Bonchev–Trinajstić information content (AvgIpc) is 2.81. The monoisotopic (exact) mass is 452 g/mol. The van der Waals surface area contributed by atoms with Gasteiger partial charge in [0, 0.05) is 51.1 Å². The minimum Gasteiger partial charge on any atom is -0.356 e. The minimum atomic E-state index is 0.187. The zero-order valence-corrected chi connectivity index (χ0v) is 21.6. The first kappa shape index (κ1) is 28.9. The van der Waals surface area contributed by atoms with E-state index in [4.69, 9.17) is 0 Å². The molecule has 0 aromatic rings. The Morgan fingerprint density at radius 3 is 1.34 bits per heavy atom. The summed E-state index contributed by atoms with van der Waals surface area (Å²) in [5.74, 6) is 0.863. The Morgan fingerprint density at radius 2 is 1.03 bits per heavy atom. The van der Waals surface area contributed by atoms with Crippen molar-refractivity contribution in [2.24, 2.45) is 11.8 Å².